The Hall–Kier alpha value is -2.43. The summed E-state index contributed by atoms with van der Waals surface area (Å²) in [4.78, 5) is 36.4. The second kappa shape index (κ2) is 11.3. The van der Waals surface area contributed by atoms with Gasteiger partial charge in [-0.2, -0.15) is 0 Å². The van der Waals surface area contributed by atoms with Crippen LogP contribution in [0.5, 0.6) is 0 Å². The van der Waals surface area contributed by atoms with Crippen LogP contribution in [0.3, 0.4) is 0 Å². The molecule has 27 heavy (non-hydrogen) atoms. The molecule has 1 aromatic rings. The normalized spacial score (nSPS) is 13.0. The van der Waals surface area contributed by atoms with Gasteiger partial charge in [0.15, 0.2) is 0 Å². The van der Waals surface area contributed by atoms with Crippen molar-refractivity contribution in [3.05, 3.63) is 41.5 Å². The number of hydrogen-bond acceptors (Lipinski definition) is 5. The topological polar surface area (TPSA) is 84.5 Å². The van der Waals surface area contributed by atoms with E-state index in [-0.39, 0.29) is 18.4 Å². The monoisotopic (exact) mass is 374 g/mol. The highest BCUT2D eigenvalue weighted by Gasteiger charge is 2.30. The molecule has 6 heteroatoms. The molecule has 1 amide bonds. The fraction of sp³-hybridized carbons (Fsp3) is 0.524. The van der Waals surface area contributed by atoms with Gasteiger partial charge in [-0.3, -0.25) is 4.79 Å². The van der Waals surface area contributed by atoms with Crippen LogP contribution in [0, 0.1) is 11.8 Å². The molecule has 6 nitrogen and oxygen atoms in total. The number of benzene rings is 1. The van der Waals surface area contributed by atoms with Crippen LogP contribution in [0.4, 0.5) is 0 Å². The maximum atomic E-state index is 12.7. The van der Waals surface area contributed by atoms with Gasteiger partial charge >= 0.3 is 5.97 Å². The summed E-state index contributed by atoms with van der Waals surface area (Å²) in [7, 11) is 1.59. The van der Waals surface area contributed by atoms with Crippen molar-refractivity contribution in [1.29, 1.82) is 0 Å². The summed E-state index contributed by atoms with van der Waals surface area (Å²) >= 11 is 0. The minimum atomic E-state index is -0.834. The van der Waals surface area contributed by atoms with Gasteiger partial charge in [0.1, 0.15) is 24.6 Å². The molecular weight excluding hydrogens is 344 g/mol. The van der Waals surface area contributed by atoms with Gasteiger partial charge in [0.25, 0.3) is 0 Å². The summed E-state index contributed by atoms with van der Waals surface area (Å²) in [5, 5.41) is 5.56. The van der Waals surface area contributed by atoms with Crippen LogP contribution < -0.4 is 10.6 Å². The number of ether oxygens (including phenoxy) is 1. The number of carbonyl (C=O) groups is 2. The molecule has 0 radical (unpaired) electrons. The summed E-state index contributed by atoms with van der Waals surface area (Å²) in [6.07, 6.45) is 0.442. The number of carbonyl (C=O) groups excluding carboxylic acids is 3. The largest absolute Gasteiger partial charge is 0.459 e. The Balaban J connectivity index is 2.84. The Morgan fingerprint density at radius 1 is 1.11 bits per heavy atom. The van der Waals surface area contributed by atoms with E-state index < -0.39 is 24.0 Å². The van der Waals surface area contributed by atoms with Crippen molar-refractivity contribution in [2.24, 2.45) is 11.8 Å². The lowest BCUT2D eigenvalue weighted by molar-refractivity contribution is -0.149. The van der Waals surface area contributed by atoms with Crippen molar-refractivity contribution >= 4 is 17.8 Å². The number of likely N-dealkylation sites (N-methyl/N-ethyl adjacent to an activating group) is 1. The molecule has 0 heterocycles. The molecule has 0 aliphatic carbocycles. The minimum absolute atomic E-state index is 0.140. The Bertz CT molecular complexity index is 664. The number of nitrogens with one attached hydrogen (secondary N) is 2. The summed E-state index contributed by atoms with van der Waals surface area (Å²) in [5.41, 5.74) is 1.19. The zero-order valence-corrected chi connectivity index (χ0v) is 16.7. The molecule has 2 atom stereocenters. The zero-order chi connectivity index (χ0) is 20.4. The van der Waals surface area contributed by atoms with Gasteiger partial charge in [-0.15, -0.1) is 0 Å². The molecule has 0 aliphatic heterocycles. The van der Waals surface area contributed by atoms with Gasteiger partial charge in [-0.05, 0) is 30.9 Å². The predicted molar refractivity (Wildman–Crippen MR) is 105 cm³/mol. The third-order valence-corrected chi connectivity index (χ3v) is 4.13. The average Bonchev–Trinajstić information content (AvgIpc) is 2.63. The molecule has 0 fully saturated rings. The van der Waals surface area contributed by atoms with Crippen molar-refractivity contribution in [3.63, 3.8) is 0 Å². The summed E-state index contributed by atoms with van der Waals surface area (Å²) in [5.74, 6) is 0.963. The molecule has 0 aliphatic rings. The maximum Gasteiger partial charge on any atom is 0.328 e. The second-order valence-corrected chi connectivity index (χ2v) is 7.22. The fourth-order valence-corrected chi connectivity index (χ4v) is 2.71. The molecule has 0 spiro atoms. The first-order chi connectivity index (χ1) is 12.8. The van der Waals surface area contributed by atoms with Crippen LogP contribution in [0.2, 0.25) is 0 Å². The van der Waals surface area contributed by atoms with Crippen LogP contribution in [-0.2, 0) is 25.7 Å². The van der Waals surface area contributed by atoms with Gasteiger partial charge in [0, 0.05) is 5.57 Å². The standard InChI is InChI=1S/C21H30N2O4/c1-14(2)11-18(21(26)27-13-16-9-7-6-8-10-16)23-20(25)19(22-5)17(12-24)15(3)4/h6-10,14-15,18-19,22H,11,13H2,1-5H3,(H,23,25). The predicted octanol–water partition coefficient (Wildman–Crippen LogP) is 2.26. The molecule has 2 N–H and O–H groups in total. The Labute approximate surface area is 161 Å². The van der Waals surface area contributed by atoms with E-state index in [4.69, 9.17) is 4.74 Å². The molecule has 0 aromatic heterocycles. The Morgan fingerprint density at radius 3 is 2.22 bits per heavy atom. The molecule has 1 rings (SSSR count). The van der Waals surface area contributed by atoms with Crippen LogP contribution in [0.15, 0.2) is 35.9 Å². The highest BCUT2D eigenvalue weighted by atomic mass is 16.5. The smallest absolute Gasteiger partial charge is 0.328 e. The molecular formula is C21H30N2O4. The highest BCUT2D eigenvalue weighted by Crippen LogP contribution is 2.13. The third kappa shape index (κ3) is 7.37. The number of hydrogen-bond donors (Lipinski definition) is 2. The van der Waals surface area contributed by atoms with Crippen LogP contribution >= 0.6 is 0 Å². The number of amides is 1. The van der Waals surface area contributed by atoms with Crippen molar-refractivity contribution in [2.45, 2.75) is 52.8 Å². The Morgan fingerprint density at radius 2 is 1.74 bits per heavy atom. The number of esters is 1. The highest BCUT2D eigenvalue weighted by molar-refractivity contribution is 5.91. The van der Waals surface area contributed by atoms with E-state index in [1.807, 2.05) is 64.0 Å². The van der Waals surface area contributed by atoms with Gasteiger partial charge in [0.05, 0.1) is 0 Å². The van der Waals surface area contributed by atoms with E-state index in [0.29, 0.717) is 12.0 Å². The van der Waals surface area contributed by atoms with Crippen molar-refractivity contribution in [1.82, 2.24) is 10.6 Å². The van der Waals surface area contributed by atoms with Crippen molar-refractivity contribution in [3.8, 4) is 0 Å². The maximum absolute atomic E-state index is 12.7. The molecule has 0 saturated carbocycles. The second-order valence-electron chi connectivity index (χ2n) is 7.22. The van der Waals surface area contributed by atoms with E-state index in [2.05, 4.69) is 10.6 Å². The Kier molecular flexibility index (Phi) is 9.48. The quantitative estimate of drug-likeness (QED) is 0.485. The van der Waals surface area contributed by atoms with Gasteiger partial charge in [-0.25, -0.2) is 9.59 Å². The van der Waals surface area contributed by atoms with Crippen LogP contribution in [0.25, 0.3) is 0 Å². The van der Waals surface area contributed by atoms with Gasteiger partial charge in [0.2, 0.25) is 5.91 Å². The first-order valence-corrected chi connectivity index (χ1v) is 9.23. The average molecular weight is 374 g/mol. The van der Waals surface area contributed by atoms with Crippen LogP contribution in [-0.4, -0.2) is 36.9 Å². The summed E-state index contributed by atoms with van der Waals surface area (Å²) < 4.78 is 5.38. The van der Waals surface area contributed by atoms with Crippen molar-refractivity contribution < 1.29 is 19.1 Å². The molecule has 0 bridgehead atoms. The molecule has 148 valence electrons. The summed E-state index contributed by atoms with van der Waals surface area (Å²) in [6, 6.07) is 7.74. The first-order valence-electron chi connectivity index (χ1n) is 9.23. The van der Waals surface area contributed by atoms with E-state index in [9.17, 15) is 14.4 Å². The van der Waals surface area contributed by atoms with E-state index in [1.165, 1.54) is 0 Å². The molecule has 0 saturated heterocycles. The van der Waals surface area contributed by atoms with E-state index >= 15 is 0 Å². The van der Waals surface area contributed by atoms with E-state index in [0.717, 1.165) is 5.56 Å². The lowest BCUT2D eigenvalue weighted by atomic mass is 9.96. The lowest BCUT2D eigenvalue weighted by Gasteiger charge is -2.24. The van der Waals surface area contributed by atoms with Crippen LogP contribution in [0.1, 0.15) is 39.7 Å². The van der Waals surface area contributed by atoms with E-state index in [1.54, 1.807) is 7.05 Å². The number of rotatable bonds is 10. The lowest BCUT2D eigenvalue weighted by Crippen LogP contribution is -2.51. The minimum Gasteiger partial charge on any atom is -0.459 e. The summed E-state index contributed by atoms with van der Waals surface area (Å²) in [6.45, 7) is 7.70. The molecule has 2 unspecified atom stereocenters. The molecule has 1 aromatic carbocycles. The van der Waals surface area contributed by atoms with Crippen molar-refractivity contribution in [2.75, 3.05) is 7.05 Å². The zero-order valence-electron chi connectivity index (χ0n) is 16.7. The van der Waals surface area contributed by atoms with Gasteiger partial charge in [-0.1, -0.05) is 58.0 Å². The first kappa shape index (κ1) is 22.6. The van der Waals surface area contributed by atoms with Gasteiger partial charge < -0.3 is 15.4 Å². The fourth-order valence-electron chi connectivity index (χ4n) is 2.71. The third-order valence-electron chi connectivity index (χ3n) is 4.13. The SMILES string of the molecule is CNC(C(=O)NC(CC(C)C)C(=O)OCc1ccccc1)C(=C=O)C(C)C.